The van der Waals surface area contributed by atoms with Crippen LogP contribution in [0.25, 0.3) is 0 Å². The maximum atomic E-state index is 12.5. The molecule has 3 nitrogen and oxygen atoms in total. The van der Waals surface area contributed by atoms with Gasteiger partial charge in [0, 0.05) is 12.1 Å². The van der Waals surface area contributed by atoms with E-state index in [-0.39, 0.29) is 27.8 Å². The van der Waals surface area contributed by atoms with Gasteiger partial charge < -0.3 is 4.90 Å². The van der Waals surface area contributed by atoms with Crippen LogP contribution in [0.3, 0.4) is 0 Å². The second-order valence-corrected chi connectivity index (χ2v) is 5.78. The van der Waals surface area contributed by atoms with Gasteiger partial charge >= 0.3 is 0 Å². The second-order valence-electron chi connectivity index (χ2n) is 4.58. The molecule has 1 aromatic carbocycles. The minimum Gasteiger partial charge on any atom is -0.334 e. The van der Waals surface area contributed by atoms with Gasteiger partial charge in [-0.15, -0.1) is 0 Å². The highest BCUT2D eigenvalue weighted by Crippen LogP contribution is 2.28. The molecule has 0 saturated heterocycles. The molecule has 0 N–H and O–H groups in total. The lowest BCUT2D eigenvalue weighted by molar-refractivity contribution is 0.0737. The van der Waals surface area contributed by atoms with Gasteiger partial charge in [-0.2, -0.15) is 0 Å². The highest BCUT2D eigenvalue weighted by atomic mass is 35.5. The van der Waals surface area contributed by atoms with E-state index in [2.05, 4.69) is 4.98 Å². The summed E-state index contributed by atoms with van der Waals surface area (Å²) in [5.74, 6) is -0.310. The van der Waals surface area contributed by atoms with E-state index in [1.54, 1.807) is 19.2 Å². The van der Waals surface area contributed by atoms with Crippen molar-refractivity contribution >= 4 is 40.7 Å². The van der Waals surface area contributed by atoms with E-state index in [1.165, 1.54) is 11.0 Å². The molecule has 0 radical (unpaired) electrons. The van der Waals surface area contributed by atoms with Gasteiger partial charge in [0.15, 0.2) is 0 Å². The third kappa shape index (κ3) is 3.49. The Morgan fingerprint density at radius 1 is 1.10 bits per heavy atom. The Balaban J connectivity index is 2.31. The predicted molar refractivity (Wildman–Crippen MR) is 86.2 cm³/mol. The Morgan fingerprint density at radius 3 is 2.43 bits per heavy atom. The topological polar surface area (TPSA) is 33.2 Å². The van der Waals surface area contributed by atoms with Gasteiger partial charge in [-0.1, -0.05) is 53.0 Å². The summed E-state index contributed by atoms with van der Waals surface area (Å²) < 4.78 is 0. The molecule has 1 aromatic heterocycles. The molecule has 6 heteroatoms. The fourth-order valence-electron chi connectivity index (χ4n) is 1.93. The van der Waals surface area contributed by atoms with Crippen molar-refractivity contribution < 1.29 is 4.79 Å². The first-order valence-electron chi connectivity index (χ1n) is 6.25. The number of benzene rings is 1. The maximum absolute atomic E-state index is 12.5. The summed E-state index contributed by atoms with van der Waals surface area (Å²) in [5.41, 5.74) is 0.985. The summed E-state index contributed by atoms with van der Waals surface area (Å²) in [6.07, 6.45) is 0. The molecule has 1 heterocycles. The first kappa shape index (κ1) is 16.1. The molecular formula is C15H13Cl3N2O. The van der Waals surface area contributed by atoms with E-state index in [1.807, 2.05) is 25.1 Å². The number of aromatic nitrogens is 1. The average Bonchev–Trinajstić information content (AvgIpc) is 2.48. The average molecular weight is 344 g/mol. The van der Waals surface area contributed by atoms with Crippen LogP contribution in [0.1, 0.15) is 29.0 Å². The van der Waals surface area contributed by atoms with E-state index in [0.717, 1.165) is 5.56 Å². The summed E-state index contributed by atoms with van der Waals surface area (Å²) in [7, 11) is 1.68. The molecule has 1 unspecified atom stereocenters. The fraction of sp³-hybridized carbons (Fsp3) is 0.200. The molecule has 2 rings (SSSR count). The Morgan fingerprint density at radius 2 is 1.76 bits per heavy atom. The van der Waals surface area contributed by atoms with Crippen LogP contribution >= 0.6 is 34.8 Å². The number of halogens is 3. The lowest BCUT2D eigenvalue weighted by atomic mass is 10.1. The highest BCUT2D eigenvalue weighted by molar-refractivity contribution is 6.34. The number of carbonyl (C=O) groups excluding carboxylic acids is 1. The molecule has 1 atom stereocenters. The van der Waals surface area contributed by atoms with Crippen molar-refractivity contribution in [3.63, 3.8) is 0 Å². The van der Waals surface area contributed by atoms with Crippen molar-refractivity contribution in [1.29, 1.82) is 0 Å². The molecule has 0 bridgehead atoms. The van der Waals surface area contributed by atoms with Crippen LogP contribution in [0.4, 0.5) is 0 Å². The lowest BCUT2D eigenvalue weighted by Gasteiger charge is -2.26. The van der Waals surface area contributed by atoms with Gasteiger partial charge in [0.1, 0.15) is 10.8 Å². The molecule has 0 saturated carbocycles. The van der Waals surface area contributed by atoms with Crippen LogP contribution in [-0.2, 0) is 0 Å². The molecule has 110 valence electrons. The molecule has 0 spiro atoms. The third-order valence-electron chi connectivity index (χ3n) is 3.27. The highest BCUT2D eigenvalue weighted by Gasteiger charge is 2.23. The first-order valence-corrected chi connectivity index (χ1v) is 7.39. The van der Waals surface area contributed by atoms with Gasteiger partial charge in [0.05, 0.1) is 11.1 Å². The summed E-state index contributed by atoms with van der Waals surface area (Å²) in [6.45, 7) is 1.89. The lowest BCUT2D eigenvalue weighted by Crippen LogP contribution is -2.30. The standard InChI is InChI=1S/C15H13Cl3N2O/c1-9(10-5-3-4-6-11(10)16)20(2)15(21)14-12(17)7-8-13(18)19-14/h3-9H,1-2H3. The molecule has 0 aliphatic heterocycles. The molecule has 2 aromatic rings. The predicted octanol–water partition coefficient (Wildman–Crippen LogP) is 4.88. The number of pyridine rings is 1. The van der Waals surface area contributed by atoms with E-state index in [4.69, 9.17) is 34.8 Å². The summed E-state index contributed by atoms with van der Waals surface area (Å²) in [5, 5.41) is 1.10. The third-order valence-corrected chi connectivity index (χ3v) is 4.13. The van der Waals surface area contributed by atoms with Crippen LogP contribution < -0.4 is 0 Å². The molecule has 1 amide bonds. The van der Waals surface area contributed by atoms with E-state index >= 15 is 0 Å². The van der Waals surface area contributed by atoms with Crippen LogP contribution in [0.5, 0.6) is 0 Å². The summed E-state index contributed by atoms with van der Waals surface area (Å²) in [4.78, 5) is 18.1. The minimum atomic E-state index is -0.310. The molecule has 0 aliphatic carbocycles. The number of hydrogen-bond acceptors (Lipinski definition) is 2. The normalized spacial score (nSPS) is 12.0. The molecule has 0 fully saturated rings. The quantitative estimate of drug-likeness (QED) is 0.745. The van der Waals surface area contributed by atoms with Crippen molar-refractivity contribution in [1.82, 2.24) is 9.88 Å². The molecular weight excluding hydrogens is 331 g/mol. The number of rotatable bonds is 3. The van der Waals surface area contributed by atoms with Crippen LogP contribution in [0.15, 0.2) is 36.4 Å². The van der Waals surface area contributed by atoms with Crippen molar-refractivity contribution in [2.45, 2.75) is 13.0 Å². The SMILES string of the molecule is CC(c1ccccc1Cl)N(C)C(=O)c1nc(Cl)ccc1Cl. The summed E-state index contributed by atoms with van der Waals surface area (Å²) >= 11 is 18.0. The Hall–Kier alpha value is -1.29. The number of carbonyl (C=O) groups is 1. The Kier molecular flexibility index (Phi) is 5.09. The van der Waals surface area contributed by atoms with Crippen molar-refractivity contribution in [2.24, 2.45) is 0 Å². The Bertz CT molecular complexity index is 676. The van der Waals surface area contributed by atoms with E-state index in [0.29, 0.717) is 5.02 Å². The monoisotopic (exact) mass is 342 g/mol. The summed E-state index contributed by atoms with van der Waals surface area (Å²) in [6, 6.07) is 10.3. The van der Waals surface area contributed by atoms with Crippen molar-refractivity contribution in [3.8, 4) is 0 Å². The molecule has 0 aliphatic rings. The number of hydrogen-bond donors (Lipinski definition) is 0. The van der Waals surface area contributed by atoms with Crippen molar-refractivity contribution in [3.05, 3.63) is 62.9 Å². The van der Waals surface area contributed by atoms with Crippen LogP contribution in [0, 0.1) is 0 Å². The van der Waals surface area contributed by atoms with E-state index < -0.39 is 0 Å². The maximum Gasteiger partial charge on any atom is 0.274 e. The van der Waals surface area contributed by atoms with Crippen LogP contribution in [-0.4, -0.2) is 22.8 Å². The Labute approximate surface area is 138 Å². The van der Waals surface area contributed by atoms with Gasteiger partial charge in [-0.3, -0.25) is 4.79 Å². The van der Waals surface area contributed by atoms with Crippen LogP contribution in [0.2, 0.25) is 15.2 Å². The van der Waals surface area contributed by atoms with Gasteiger partial charge in [-0.05, 0) is 30.7 Å². The van der Waals surface area contributed by atoms with Gasteiger partial charge in [0.25, 0.3) is 5.91 Å². The van der Waals surface area contributed by atoms with Gasteiger partial charge in [-0.25, -0.2) is 4.98 Å². The zero-order valence-electron chi connectivity index (χ0n) is 11.5. The zero-order chi connectivity index (χ0) is 15.6. The zero-order valence-corrected chi connectivity index (χ0v) is 13.7. The largest absolute Gasteiger partial charge is 0.334 e. The first-order chi connectivity index (χ1) is 9.91. The number of amides is 1. The fourth-order valence-corrected chi connectivity index (χ4v) is 2.56. The number of nitrogens with zero attached hydrogens (tertiary/aromatic N) is 2. The molecule has 21 heavy (non-hydrogen) atoms. The van der Waals surface area contributed by atoms with Crippen molar-refractivity contribution in [2.75, 3.05) is 7.05 Å². The second kappa shape index (κ2) is 6.65. The smallest absolute Gasteiger partial charge is 0.274 e. The minimum absolute atomic E-state index is 0.130. The van der Waals surface area contributed by atoms with Gasteiger partial charge in [0.2, 0.25) is 0 Å². The van der Waals surface area contributed by atoms with E-state index in [9.17, 15) is 4.79 Å².